The van der Waals surface area contributed by atoms with Crippen LogP contribution in [0.3, 0.4) is 0 Å². The summed E-state index contributed by atoms with van der Waals surface area (Å²) in [6.07, 6.45) is 0. The summed E-state index contributed by atoms with van der Waals surface area (Å²) < 4.78 is 37.5. The third kappa shape index (κ3) is 6.13. The SMILES string of the molecule is Cc1cc(NC(=O)COC(=O)[C@@H](NS(=O)(=O)c2ccc(C)c(C)c2)C(C)C)no1. The van der Waals surface area contributed by atoms with E-state index in [9.17, 15) is 18.0 Å². The standard InChI is InChI=1S/C19H25N3O6S/c1-11(2)18(22-29(25,26)15-7-6-12(3)13(4)8-15)19(24)27-10-17(23)20-16-9-14(5)28-21-16/h6-9,11,18,22H,10H2,1-5H3,(H,20,21,23)/t18-/m0/s1. The molecule has 0 radical (unpaired) electrons. The lowest BCUT2D eigenvalue weighted by atomic mass is 10.1. The molecule has 0 aliphatic carbocycles. The highest BCUT2D eigenvalue weighted by Gasteiger charge is 2.30. The van der Waals surface area contributed by atoms with E-state index in [0.717, 1.165) is 11.1 Å². The number of aryl methyl sites for hydroxylation is 3. The van der Waals surface area contributed by atoms with Crippen molar-refractivity contribution in [3.63, 3.8) is 0 Å². The van der Waals surface area contributed by atoms with E-state index < -0.39 is 40.5 Å². The first-order valence-electron chi connectivity index (χ1n) is 8.99. The van der Waals surface area contributed by atoms with Gasteiger partial charge < -0.3 is 14.6 Å². The number of ether oxygens (including phenoxy) is 1. The Labute approximate surface area is 169 Å². The fraction of sp³-hybridized carbons (Fsp3) is 0.421. The normalized spacial score (nSPS) is 12.6. The molecule has 10 heteroatoms. The molecule has 1 amide bonds. The largest absolute Gasteiger partial charge is 0.454 e. The number of nitrogens with zero attached hydrogens (tertiary/aromatic N) is 1. The molecular formula is C19H25N3O6S. The fourth-order valence-electron chi connectivity index (χ4n) is 2.40. The highest BCUT2D eigenvalue weighted by atomic mass is 32.2. The molecule has 2 rings (SSSR count). The summed E-state index contributed by atoms with van der Waals surface area (Å²) in [6.45, 7) is 8.10. The maximum atomic E-state index is 12.7. The van der Waals surface area contributed by atoms with Crippen LogP contribution in [0.4, 0.5) is 5.82 Å². The number of esters is 1. The van der Waals surface area contributed by atoms with Gasteiger partial charge in [0.05, 0.1) is 4.90 Å². The van der Waals surface area contributed by atoms with Gasteiger partial charge in [0.2, 0.25) is 10.0 Å². The van der Waals surface area contributed by atoms with Crippen molar-refractivity contribution in [2.45, 2.75) is 45.6 Å². The van der Waals surface area contributed by atoms with Crippen molar-refractivity contribution in [2.75, 3.05) is 11.9 Å². The van der Waals surface area contributed by atoms with E-state index in [1.807, 2.05) is 6.92 Å². The van der Waals surface area contributed by atoms with Gasteiger partial charge in [0.15, 0.2) is 12.4 Å². The molecule has 0 saturated heterocycles. The third-order valence-electron chi connectivity index (χ3n) is 4.23. The van der Waals surface area contributed by atoms with Crippen molar-refractivity contribution in [3.05, 3.63) is 41.2 Å². The van der Waals surface area contributed by atoms with Gasteiger partial charge in [-0.15, -0.1) is 0 Å². The van der Waals surface area contributed by atoms with Crippen molar-refractivity contribution >= 4 is 27.7 Å². The first-order chi connectivity index (χ1) is 13.5. The third-order valence-corrected chi connectivity index (χ3v) is 5.67. The fourth-order valence-corrected chi connectivity index (χ4v) is 3.82. The van der Waals surface area contributed by atoms with Gasteiger partial charge in [-0.05, 0) is 49.9 Å². The number of amides is 1. The topological polar surface area (TPSA) is 128 Å². The molecular weight excluding hydrogens is 398 g/mol. The number of benzene rings is 1. The second-order valence-electron chi connectivity index (χ2n) is 7.07. The van der Waals surface area contributed by atoms with Gasteiger partial charge in [-0.3, -0.25) is 9.59 Å². The zero-order valence-corrected chi connectivity index (χ0v) is 17.8. The van der Waals surface area contributed by atoms with Crippen LogP contribution in [0.15, 0.2) is 33.7 Å². The van der Waals surface area contributed by atoms with E-state index in [-0.39, 0.29) is 10.7 Å². The molecule has 2 N–H and O–H groups in total. The van der Waals surface area contributed by atoms with Crippen molar-refractivity contribution in [3.8, 4) is 0 Å². The molecule has 2 aromatic rings. The highest BCUT2D eigenvalue weighted by molar-refractivity contribution is 7.89. The molecule has 0 unspecified atom stereocenters. The molecule has 9 nitrogen and oxygen atoms in total. The van der Waals surface area contributed by atoms with Crippen LogP contribution >= 0.6 is 0 Å². The molecule has 0 aliphatic rings. The molecule has 0 spiro atoms. The average Bonchev–Trinajstić information content (AvgIpc) is 3.04. The minimum absolute atomic E-state index is 0.0539. The summed E-state index contributed by atoms with van der Waals surface area (Å²) in [6, 6.07) is 5.06. The maximum absolute atomic E-state index is 12.7. The predicted octanol–water partition coefficient (Wildman–Crippen LogP) is 2.08. The number of rotatable bonds is 8. The molecule has 1 aromatic heterocycles. The summed E-state index contributed by atoms with van der Waals surface area (Å²) in [5.41, 5.74) is 1.77. The van der Waals surface area contributed by atoms with Gasteiger partial charge in [0, 0.05) is 6.07 Å². The van der Waals surface area contributed by atoms with Crippen LogP contribution in [0.5, 0.6) is 0 Å². The van der Waals surface area contributed by atoms with Crippen LogP contribution in [-0.4, -0.2) is 38.1 Å². The van der Waals surface area contributed by atoms with Gasteiger partial charge in [0.1, 0.15) is 11.8 Å². The summed E-state index contributed by atoms with van der Waals surface area (Å²) in [4.78, 5) is 24.4. The van der Waals surface area contributed by atoms with Crippen molar-refractivity contribution in [2.24, 2.45) is 5.92 Å². The van der Waals surface area contributed by atoms with Crippen LogP contribution in [-0.2, 0) is 24.3 Å². The van der Waals surface area contributed by atoms with Crippen LogP contribution in [0, 0.1) is 26.7 Å². The minimum Gasteiger partial charge on any atom is -0.454 e. The van der Waals surface area contributed by atoms with Gasteiger partial charge in [0.25, 0.3) is 5.91 Å². The molecule has 0 saturated carbocycles. The zero-order chi connectivity index (χ0) is 21.8. The van der Waals surface area contributed by atoms with Crippen molar-refractivity contribution < 1.29 is 27.3 Å². The van der Waals surface area contributed by atoms with Gasteiger partial charge in [-0.2, -0.15) is 4.72 Å². The summed E-state index contributed by atoms with van der Waals surface area (Å²) in [7, 11) is -3.95. The number of hydrogen-bond acceptors (Lipinski definition) is 7. The summed E-state index contributed by atoms with van der Waals surface area (Å²) >= 11 is 0. The van der Waals surface area contributed by atoms with Crippen molar-refractivity contribution in [1.29, 1.82) is 0 Å². The van der Waals surface area contributed by atoms with Crippen molar-refractivity contribution in [1.82, 2.24) is 9.88 Å². The smallest absolute Gasteiger partial charge is 0.324 e. The van der Waals surface area contributed by atoms with Crippen LogP contribution < -0.4 is 10.0 Å². The maximum Gasteiger partial charge on any atom is 0.324 e. The Morgan fingerprint density at radius 3 is 2.38 bits per heavy atom. The lowest BCUT2D eigenvalue weighted by Crippen LogP contribution is -2.45. The van der Waals surface area contributed by atoms with E-state index in [1.54, 1.807) is 33.8 Å². The van der Waals surface area contributed by atoms with Crippen LogP contribution in [0.1, 0.15) is 30.7 Å². The monoisotopic (exact) mass is 423 g/mol. The van der Waals surface area contributed by atoms with E-state index in [4.69, 9.17) is 9.26 Å². The number of sulfonamides is 1. The van der Waals surface area contributed by atoms with E-state index in [1.165, 1.54) is 18.2 Å². The van der Waals surface area contributed by atoms with Crippen LogP contribution in [0.25, 0.3) is 0 Å². The quantitative estimate of drug-likeness (QED) is 0.622. The predicted molar refractivity (Wildman–Crippen MR) is 106 cm³/mol. The molecule has 158 valence electrons. The number of carbonyl (C=O) groups is 2. The average molecular weight is 423 g/mol. The second-order valence-corrected chi connectivity index (χ2v) is 8.78. The van der Waals surface area contributed by atoms with Gasteiger partial charge in [-0.25, -0.2) is 8.42 Å². The molecule has 1 aromatic carbocycles. The van der Waals surface area contributed by atoms with Gasteiger partial charge >= 0.3 is 5.97 Å². The lowest BCUT2D eigenvalue weighted by molar-refractivity contribution is -0.150. The van der Waals surface area contributed by atoms with E-state index in [0.29, 0.717) is 5.76 Å². The Hall–Kier alpha value is -2.72. The van der Waals surface area contributed by atoms with E-state index in [2.05, 4.69) is 15.2 Å². The number of carbonyl (C=O) groups excluding carboxylic acids is 2. The second kappa shape index (κ2) is 9.19. The molecule has 1 heterocycles. The number of aromatic nitrogens is 1. The lowest BCUT2D eigenvalue weighted by Gasteiger charge is -2.21. The number of hydrogen-bond donors (Lipinski definition) is 2. The Balaban J connectivity index is 2.03. The molecule has 1 atom stereocenters. The zero-order valence-electron chi connectivity index (χ0n) is 17.0. The highest BCUT2D eigenvalue weighted by Crippen LogP contribution is 2.17. The Morgan fingerprint density at radius 1 is 1.14 bits per heavy atom. The number of nitrogens with one attached hydrogen (secondary N) is 2. The minimum atomic E-state index is -3.95. The Morgan fingerprint density at radius 2 is 1.83 bits per heavy atom. The molecule has 29 heavy (non-hydrogen) atoms. The first kappa shape index (κ1) is 22.6. The van der Waals surface area contributed by atoms with E-state index >= 15 is 0 Å². The van der Waals surface area contributed by atoms with Gasteiger partial charge in [-0.1, -0.05) is 25.1 Å². The summed E-state index contributed by atoms with van der Waals surface area (Å²) in [5.74, 6) is -1.16. The Kier molecular flexibility index (Phi) is 7.15. The molecule has 0 aliphatic heterocycles. The molecule has 0 bridgehead atoms. The first-order valence-corrected chi connectivity index (χ1v) is 10.5. The number of anilines is 1. The summed E-state index contributed by atoms with van der Waals surface area (Å²) in [5, 5.41) is 6.01. The molecule has 0 fully saturated rings. The Bertz CT molecular complexity index is 997. The van der Waals surface area contributed by atoms with Crippen LogP contribution in [0.2, 0.25) is 0 Å².